The number of hydrogen-bond acceptors (Lipinski definition) is 3. The molecule has 0 atom stereocenters. The molecule has 9 rings (SSSR count). The minimum atomic E-state index is -0.130. The molecule has 0 amide bonds. The van der Waals surface area contributed by atoms with Crippen LogP contribution in [0.15, 0.2) is 131 Å². The summed E-state index contributed by atoms with van der Waals surface area (Å²) in [5.41, 5.74) is 11.7. The number of fused-ring (bicyclic) bond motifs is 9. The number of nitrogens with zero attached hydrogens (tertiary/aromatic N) is 2. The first-order valence-corrected chi connectivity index (χ1v) is 14.6. The summed E-state index contributed by atoms with van der Waals surface area (Å²) in [5.74, 6) is 0. The molecule has 0 radical (unpaired) electrons. The summed E-state index contributed by atoms with van der Waals surface area (Å²) in [4.78, 5) is 17.7. The number of benzene rings is 5. The maximum Gasteiger partial charge on any atom is 0.200 e. The molecule has 5 aromatic carbocycles. The van der Waals surface area contributed by atoms with Gasteiger partial charge >= 0.3 is 0 Å². The molecule has 8 aromatic rings. The fraction of sp³-hybridized carbons (Fsp3) is 0.0769. The summed E-state index contributed by atoms with van der Waals surface area (Å²) < 4.78 is 8.51. The lowest BCUT2D eigenvalue weighted by Gasteiger charge is -2.22. The molecule has 0 unspecified atom stereocenters. The topological polar surface area (TPSA) is 48.0 Å². The maximum atomic E-state index is 13.1. The Morgan fingerprint density at radius 3 is 2.42 bits per heavy atom. The van der Waals surface area contributed by atoms with E-state index >= 15 is 0 Å². The van der Waals surface area contributed by atoms with E-state index in [-0.39, 0.29) is 10.8 Å². The van der Waals surface area contributed by atoms with E-state index in [1.807, 2.05) is 54.9 Å². The Bertz CT molecular complexity index is 2510. The average Bonchev–Trinajstić information content (AvgIpc) is 3.50. The van der Waals surface area contributed by atoms with Gasteiger partial charge in [-0.25, -0.2) is 0 Å². The van der Waals surface area contributed by atoms with Crippen LogP contribution in [0.5, 0.6) is 0 Å². The van der Waals surface area contributed by atoms with Gasteiger partial charge in [0.2, 0.25) is 5.43 Å². The highest BCUT2D eigenvalue weighted by Gasteiger charge is 2.38. The minimum absolute atomic E-state index is 0.00691. The predicted molar refractivity (Wildman–Crippen MR) is 175 cm³/mol. The van der Waals surface area contributed by atoms with Crippen molar-refractivity contribution in [1.29, 1.82) is 0 Å². The van der Waals surface area contributed by atoms with Gasteiger partial charge in [-0.2, -0.15) is 0 Å². The lowest BCUT2D eigenvalue weighted by Crippen LogP contribution is -2.15. The molecule has 3 heterocycles. The van der Waals surface area contributed by atoms with E-state index in [0.717, 1.165) is 27.8 Å². The molecule has 0 bridgehead atoms. The quantitative estimate of drug-likeness (QED) is 0.200. The summed E-state index contributed by atoms with van der Waals surface area (Å²) in [6, 6.07) is 37.3. The van der Waals surface area contributed by atoms with E-state index in [9.17, 15) is 4.79 Å². The first kappa shape index (κ1) is 24.2. The van der Waals surface area contributed by atoms with Gasteiger partial charge in [0, 0.05) is 28.1 Å². The van der Waals surface area contributed by atoms with E-state index in [1.165, 1.54) is 33.0 Å². The molecule has 0 spiro atoms. The van der Waals surface area contributed by atoms with Crippen LogP contribution in [0.3, 0.4) is 0 Å². The van der Waals surface area contributed by atoms with Crippen LogP contribution in [0.4, 0.5) is 0 Å². The molecule has 4 heteroatoms. The largest absolute Gasteiger partial charge is 0.456 e. The number of para-hydroxylation sites is 1. The highest BCUT2D eigenvalue weighted by atomic mass is 16.3. The number of hydrogen-bond donors (Lipinski definition) is 0. The molecule has 1 aliphatic carbocycles. The molecule has 3 aromatic heterocycles. The molecule has 0 N–H and O–H groups in total. The minimum Gasteiger partial charge on any atom is -0.456 e. The van der Waals surface area contributed by atoms with Gasteiger partial charge in [0.25, 0.3) is 0 Å². The zero-order valence-corrected chi connectivity index (χ0v) is 23.8. The molecule has 0 aliphatic heterocycles. The number of pyridine rings is 1. The van der Waals surface area contributed by atoms with Crippen LogP contribution in [0.2, 0.25) is 0 Å². The molecule has 1 aliphatic rings. The third-order valence-electron chi connectivity index (χ3n) is 9.27. The molecule has 0 saturated heterocycles. The van der Waals surface area contributed by atoms with Crippen LogP contribution >= 0.6 is 0 Å². The SMILES string of the molecule is CC1(C)c2ccccc2-c2ccc3c(c21)c1ccncc1n3-c1cccc(-c2ccc3c(=O)c4ccccc4oc3c2)c1. The van der Waals surface area contributed by atoms with Crippen molar-refractivity contribution < 1.29 is 4.42 Å². The van der Waals surface area contributed by atoms with Crippen molar-refractivity contribution in [2.75, 3.05) is 0 Å². The first-order valence-electron chi connectivity index (χ1n) is 14.6. The van der Waals surface area contributed by atoms with Crippen molar-refractivity contribution in [2.24, 2.45) is 0 Å². The van der Waals surface area contributed by atoms with Gasteiger partial charge in [-0.1, -0.05) is 74.5 Å². The van der Waals surface area contributed by atoms with Gasteiger partial charge in [0.1, 0.15) is 11.2 Å². The number of rotatable bonds is 2. The Morgan fingerprint density at radius 1 is 0.674 bits per heavy atom. The lowest BCUT2D eigenvalue weighted by atomic mass is 9.80. The Balaban J connectivity index is 1.27. The fourth-order valence-corrected chi connectivity index (χ4v) is 7.31. The van der Waals surface area contributed by atoms with Gasteiger partial charge < -0.3 is 8.98 Å². The zero-order chi connectivity index (χ0) is 28.9. The summed E-state index contributed by atoms with van der Waals surface area (Å²) in [6.45, 7) is 4.67. The van der Waals surface area contributed by atoms with Gasteiger partial charge in [-0.05, 0) is 81.9 Å². The Morgan fingerprint density at radius 2 is 1.49 bits per heavy atom. The summed E-state index contributed by atoms with van der Waals surface area (Å²) >= 11 is 0. The zero-order valence-electron chi connectivity index (χ0n) is 23.8. The fourth-order valence-electron chi connectivity index (χ4n) is 7.31. The standard InChI is InChI=1S/C39H26N2O2/c1-39(2)31-12-5-3-10-26(31)27-16-17-32-36(37(27)39)28-18-19-40-22-33(28)41(32)25-9-7-8-23(20-25)24-14-15-30-35(21-24)43-34-13-6-4-11-29(34)38(30)42/h3-22H,1-2H3. The van der Waals surface area contributed by atoms with Crippen LogP contribution in [0.1, 0.15) is 25.0 Å². The normalized spacial score (nSPS) is 13.6. The first-order chi connectivity index (χ1) is 21.0. The van der Waals surface area contributed by atoms with Crippen molar-refractivity contribution in [3.8, 4) is 27.9 Å². The van der Waals surface area contributed by atoms with E-state index in [2.05, 4.69) is 90.1 Å². The molecular formula is C39H26N2O2. The molecule has 0 fully saturated rings. The van der Waals surface area contributed by atoms with E-state index in [4.69, 9.17) is 4.42 Å². The summed E-state index contributed by atoms with van der Waals surface area (Å²) in [7, 11) is 0. The average molecular weight is 555 g/mol. The molecular weight excluding hydrogens is 528 g/mol. The summed E-state index contributed by atoms with van der Waals surface area (Å²) in [5, 5.41) is 3.67. The smallest absolute Gasteiger partial charge is 0.200 e. The second-order valence-corrected chi connectivity index (χ2v) is 12.0. The summed E-state index contributed by atoms with van der Waals surface area (Å²) in [6.07, 6.45) is 3.86. The Hall–Kier alpha value is -5.48. The van der Waals surface area contributed by atoms with Crippen LogP contribution in [-0.2, 0) is 5.41 Å². The van der Waals surface area contributed by atoms with Crippen LogP contribution in [-0.4, -0.2) is 9.55 Å². The molecule has 204 valence electrons. The van der Waals surface area contributed by atoms with Crippen LogP contribution < -0.4 is 5.43 Å². The molecule has 43 heavy (non-hydrogen) atoms. The molecule has 4 nitrogen and oxygen atoms in total. The van der Waals surface area contributed by atoms with Crippen molar-refractivity contribution in [3.63, 3.8) is 0 Å². The third-order valence-corrected chi connectivity index (χ3v) is 9.27. The predicted octanol–water partition coefficient (Wildman–Crippen LogP) is 9.41. The Labute approximate surface area is 247 Å². The lowest BCUT2D eigenvalue weighted by molar-refractivity contribution is 0.660. The van der Waals surface area contributed by atoms with Crippen molar-refractivity contribution in [1.82, 2.24) is 9.55 Å². The van der Waals surface area contributed by atoms with E-state index in [1.54, 1.807) is 0 Å². The van der Waals surface area contributed by atoms with Gasteiger partial charge in [-0.3, -0.25) is 9.78 Å². The second kappa shape index (κ2) is 8.52. The van der Waals surface area contributed by atoms with Crippen molar-refractivity contribution >= 4 is 43.7 Å². The van der Waals surface area contributed by atoms with Crippen molar-refractivity contribution in [3.05, 3.63) is 143 Å². The van der Waals surface area contributed by atoms with Crippen LogP contribution in [0, 0.1) is 0 Å². The second-order valence-electron chi connectivity index (χ2n) is 12.0. The third kappa shape index (κ3) is 3.26. The van der Waals surface area contributed by atoms with Gasteiger partial charge in [-0.15, -0.1) is 0 Å². The highest BCUT2D eigenvalue weighted by molar-refractivity contribution is 6.14. The van der Waals surface area contributed by atoms with Gasteiger partial charge in [0.15, 0.2) is 0 Å². The maximum absolute atomic E-state index is 13.1. The highest BCUT2D eigenvalue weighted by Crippen LogP contribution is 2.53. The monoisotopic (exact) mass is 554 g/mol. The molecule has 0 saturated carbocycles. The number of aromatic nitrogens is 2. The van der Waals surface area contributed by atoms with E-state index in [0.29, 0.717) is 21.9 Å². The van der Waals surface area contributed by atoms with Crippen molar-refractivity contribution in [2.45, 2.75) is 19.3 Å². The van der Waals surface area contributed by atoms with E-state index < -0.39 is 0 Å². The van der Waals surface area contributed by atoms with Gasteiger partial charge in [0.05, 0.1) is 28.0 Å². The van der Waals surface area contributed by atoms with Crippen LogP contribution in [0.25, 0.3) is 71.7 Å². The Kier molecular flexibility index (Phi) is 4.79.